The Morgan fingerprint density at radius 2 is 1.77 bits per heavy atom. The zero-order chi connectivity index (χ0) is 21.3. The molecule has 0 saturated carbocycles. The first-order chi connectivity index (χ1) is 14.4. The van der Waals surface area contributed by atoms with E-state index in [1.807, 2.05) is 36.4 Å². The Morgan fingerprint density at radius 3 is 2.43 bits per heavy atom. The lowest BCUT2D eigenvalue weighted by Crippen LogP contribution is -2.56. The monoisotopic (exact) mass is 405 g/mol. The third kappa shape index (κ3) is 4.08. The van der Waals surface area contributed by atoms with E-state index in [1.165, 1.54) is 5.56 Å². The maximum Gasteiger partial charge on any atom is 0.255 e. The lowest BCUT2D eigenvalue weighted by atomic mass is 10.0. The van der Waals surface area contributed by atoms with Crippen LogP contribution in [0, 0.1) is 0 Å². The number of fused-ring (bicyclic) bond motifs is 1. The van der Waals surface area contributed by atoms with Gasteiger partial charge in [0.05, 0.1) is 0 Å². The third-order valence-electron chi connectivity index (χ3n) is 5.92. The van der Waals surface area contributed by atoms with Crippen LogP contribution in [-0.2, 0) is 16.1 Å². The minimum absolute atomic E-state index is 0.0246. The van der Waals surface area contributed by atoms with Crippen LogP contribution in [0.4, 0.5) is 5.69 Å². The molecule has 2 aliphatic heterocycles. The van der Waals surface area contributed by atoms with Crippen molar-refractivity contribution < 1.29 is 14.4 Å². The molecule has 156 valence electrons. The van der Waals surface area contributed by atoms with Gasteiger partial charge in [-0.2, -0.15) is 0 Å². The van der Waals surface area contributed by atoms with E-state index < -0.39 is 0 Å². The van der Waals surface area contributed by atoms with Gasteiger partial charge in [0.15, 0.2) is 0 Å². The van der Waals surface area contributed by atoms with Crippen molar-refractivity contribution in [2.45, 2.75) is 45.2 Å². The number of hydrogen-bond acceptors (Lipinski definition) is 3. The van der Waals surface area contributed by atoms with E-state index in [9.17, 15) is 14.4 Å². The highest BCUT2D eigenvalue weighted by Gasteiger charge is 2.41. The molecule has 0 aliphatic carbocycles. The Balaban J connectivity index is 1.38. The Hall–Kier alpha value is -3.15. The highest BCUT2D eigenvalue weighted by molar-refractivity contribution is 6.04. The predicted octanol–water partition coefficient (Wildman–Crippen LogP) is 3.40. The van der Waals surface area contributed by atoms with E-state index in [0.717, 1.165) is 24.1 Å². The SMILES string of the molecule is CC(C)c1ccc(NC(=O)c2ccc(CN3CC(=O)N4CCC[C@@H]4C3=O)cc2)cc1. The number of carbonyl (C=O) groups excluding carboxylic acids is 3. The van der Waals surface area contributed by atoms with Crippen molar-refractivity contribution in [2.24, 2.45) is 0 Å². The number of nitrogens with one attached hydrogen (secondary N) is 1. The standard InChI is InChI=1S/C24H27N3O3/c1-16(2)18-9-11-20(12-10-18)25-23(29)19-7-5-17(6-8-19)14-26-15-22(28)27-13-3-4-21(27)24(26)30/h5-12,16,21H,3-4,13-15H2,1-2H3,(H,25,29)/t21-/m1/s1. The number of rotatable bonds is 5. The minimum Gasteiger partial charge on any atom is -0.329 e. The fraction of sp³-hybridized carbons (Fsp3) is 0.375. The summed E-state index contributed by atoms with van der Waals surface area (Å²) in [5.41, 5.74) is 3.44. The molecule has 2 aromatic carbocycles. The van der Waals surface area contributed by atoms with Crippen LogP contribution in [0.15, 0.2) is 48.5 Å². The molecule has 2 saturated heterocycles. The van der Waals surface area contributed by atoms with E-state index in [4.69, 9.17) is 0 Å². The summed E-state index contributed by atoms with van der Waals surface area (Å²) in [6, 6.07) is 14.8. The topological polar surface area (TPSA) is 69.7 Å². The zero-order valence-corrected chi connectivity index (χ0v) is 17.4. The molecule has 2 fully saturated rings. The summed E-state index contributed by atoms with van der Waals surface area (Å²) in [7, 11) is 0. The van der Waals surface area contributed by atoms with Gasteiger partial charge in [-0.05, 0) is 54.2 Å². The van der Waals surface area contributed by atoms with Gasteiger partial charge in [0.1, 0.15) is 12.6 Å². The molecule has 0 radical (unpaired) electrons. The van der Waals surface area contributed by atoms with Crippen LogP contribution in [0.5, 0.6) is 0 Å². The number of anilines is 1. The third-order valence-corrected chi connectivity index (χ3v) is 5.92. The average Bonchev–Trinajstić information content (AvgIpc) is 3.23. The highest BCUT2D eigenvalue weighted by Crippen LogP contribution is 2.25. The summed E-state index contributed by atoms with van der Waals surface area (Å²) in [4.78, 5) is 40.8. The molecule has 6 heteroatoms. The van der Waals surface area contributed by atoms with Gasteiger partial charge in [-0.1, -0.05) is 38.1 Å². The van der Waals surface area contributed by atoms with Crippen LogP contribution >= 0.6 is 0 Å². The molecule has 0 aromatic heterocycles. The van der Waals surface area contributed by atoms with Crippen LogP contribution in [0.25, 0.3) is 0 Å². The van der Waals surface area contributed by atoms with Crippen molar-refractivity contribution in [2.75, 3.05) is 18.4 Å². The second-order valence-electron chi connectivity index (χ2n) is 8.37. The smallest absolute Gasteiger partial charge is 0.255 e. The molecule has 0 spiro atoms. The lowest BCUT2D eigenvalue weighted by Gasteiger charge is -2.36. The molecule has 2 heterocycles. The Morgan fingerprint density at radius 1 is 1.07 bits per heavy atom. The lowest BCUT2D eigenvalue weighted by molar-refractivity contribution is -0.154. The van der Waals surface area contributed by atoms with Crippen molar-refractivity contribution in [3.8, 4) is 0 Å². The summed E-state index contributed by atoms with van der Waals surface area (Å²) in [6.45, 7) is 5.46. The fourth-order valence-corrected chi connectivity index (χ4v) is 4.14. The number of carbonyl (C=O) groups is 3. The Kier molecular flexibility index (Phi) is 5.57. The molecule has 6 nitrogen and oxygen atoms in total. The normalized spacial score (nSPS) is 18.7. The van der Waals surface area contributed by atoms with Crippen LogP contribution < -0.4 is 5.32 Å². The van der Waals surface area contributed by atoms with E-state index in [1.54, 1.807) is 21.9 Å². The largest absolute Gasteiger partial charge is 0.329 e. The van der Waals surface area contributed by atoms with Crippen molar-refractivity contribution in [1.29, 1.82) is 0 Å². The van der Waals surface area contributed by atoms with Crippen LogP contribution in [0.3, 0.4) is 0 Å². The number of benzene rings is 2. The first-order valence-corrected chi connectivity index (χ1v) is 10.5. The van der Waals surface area contributed by atoms with Gasteiger partial charge in [-0.25, -0.2) is 0 Å². The summed E-state index contributed by atoms with van der Waals surface area (Å²) in [6.07, 6.45) is 1.64. The molecule has 1 atom stereocenters. The molecule has 3 amide bonds. The number of hydrogen-bond donors (Lipinski definition) is 1. The van der Waals surface area contributed by atoms with Crippen molar-refractivity contribution >= 4 is 23.4 Å². The maximum atomic E-state index is 12.7. The molecular formula is C24H27N3O3. The van der Waals surface area contributed by atoms with Crippen molar-refractivity contribution in [1.82, 2.24) is 9.80 Å². The van der Waals surface area contributed by atoms with Gasteiger partial charge in [-0.15, -0.1) is 0 Å². The molecule has 1 N–H and O–H groups in total. The summed E-state index contributed by atoms with van der Waals surface area (Å²) < 4.78 is 0. The first-order valence-electron chi connectivity index (χ1n) is 10.5. The second kappa shape index (κ2) is 8.30. The van der Waals surface area contributed by atoms with Crippen LogP contribution in [-0.4, -0.2) is 46.7 Å². The van der Waals surface area contributed by atoms with Gasteiger partial charge < -0.3 is 15.1 Å². The second-order valence-corrected chi connectivity index (χ2v) is 8.37. The van der Waals surface area contributed by atoms with Gasteiger partial charge >= 0.3 is 0 Å². The molecule has 30 heavy (non-hydrogen) atoms. The predicted molar refractivity (Wildman–Crippen MR) is 115 cm³/mol. The quantitative estimate of drug-likeness (QED) is 0.829. The Labute approximate surface area is 176 Å². The maximum absolute atomic E-state index is 12.7. The van der Waals surface area contributed by atoms with Gasteiger partial charge in [-0.3, -0.25) is 14.4 Å². The van der Waals surface area contributed by atoms with Gasteiger partial charge in [0.2, 0.25) is 11.8 Å². The summed E-state index contributed by atoms with van der Waals surface area (Å²) in [5, 5.41) is 2.91. The van der Waals surface area contributed by atoms with E-state index >= 15 is 0 Å². The van der Waals surface area contributed by atoms with Crippen molar-refractivity contribution in [3.63, 3.8) is 0 Å². The highest BCUT2D eigenvalue weighted by atomic mass is 16.2. The minimum atomic E-state index is -0.293. The van der Waals surface area contributed by atoms with E-state index in [2.05, 4.69) is 19.2 Å². The van der Waals surface area contributed by atoms with Gasteiger partial charge in [0, 0.05) is 24.3 Å². The molecular weight excluding hydrogens is 378 g/mol. The molecule has 2 aromatic rings. The number of amides is 3. The summed E-state index contributed by atoms with van der Waals surface area (Å²) in [5.74, 6) is 0.320. The number of nitrogens with zero attached hydrogens (tertiary/aromatic N) is 2. The molecule has 0 bridgehead atoms. The van der Waals surface area contributed by atoms with Crippen LogP contribution in [0.2, 0.25) is 0 Å². The average molecular weight is 405 g/mol. The zero-order valence-electron chi connectivity index (χ0n) is 17.4. The first kappa shape index (κ1) is 20.1. The van der Waals surface area contributed by atoms with E-state index in [-0.39, 0.29) is 30.3 Å². The van der Waals surface area contributed by atoms with Crippen LogP contribution in [0.1, 0.15) is 54.1 Å². The number of piperazine rings is 1. The van der Waals surface area contributed by atoms with E-state index in [0.29, 0.717) is 24.6 Å². The molecule has 2 aliphatic rings. The van der Waals surface area contributed by atoms with Crippen molar-refractivity contribution in [3.05, 3.63) is 65.2 Å². The fourth-order valence-electron chi connectivity index (χ4n) is 4.14. The summed E-state index contributed by atoms with van der Waals surface area (Å²) >= 11 is 0. The molecule has 0 unspecified atom stereocenters. The Bertz CT molecular complexity index is 951. The molecule has 4 rings (SSSR count). The van der Waals surface area contributed by atoms with Gasteiger partial charge in [0.25, 0.3) is 5.91 Å².